The number of rotatable bonds is 4. The van der Waals surface area contributed by atoms with Crippen LogP contribution < -0.4 is 10.2 Å². The van der Waals surface area contributed by atoms with E-state index in [0.29, 0.717) is 12.1 Å². The fourth-order valence-electron chi connectivity index (χ4n) is 2.56. The molecule has 5 nitrogen and oxygen atoms in total. The molecule has 5 heteroatoms. The number of nitrogens with zero attached hydrogens (tertiary/aromatic N) is 4. The summed E-state index contributed by atoms with van der Waals surface area (Å²) in [5.74, 6) is 1.90. The van der Waals surface area contributed by atoms with Gasteiger partial charge in [0.2, 0.25) is 0 Å². The lowest BCUT2D eigenvalue weighted by Gasteiger charge is -2.36. The highest BCUT2D eigenvalue weighted by Crippen LogP contribution is 2.20. The highest BCUT2D eigenvalue weighted by atomic mass is 15.2. The number of hydrogen-bond donors (Lipinski definition) is 1. The molecule has 1 aliphatic rings. The van der Waals surface area contributed by atoms with E-state index in [2.05, 4.69) is 53.0 Å². The van der Waals surface area contributed by atoms with E-state index in [-0.39, 0.29) is 0 Å². The summed E-state index contributed by atoms with van der Waals surface area (Å²) in [5, 5.41) is 3.32. The average molecular weight is 263 g/mol. The lowest BCUT2D eigenvalue weighted by atomic mass is 10.1. The molecule has 1 fully saturated rings. The molecule has 1 aromatic rings. The van der Waals surface area contributed by atoms with Crippen molar-refractivity contribution in [1.82, 2.24) is 14.9 Å². The van der Waals surface area contributed by atoms with Gasteiger partial charge in [0, 0.05) is 31.7 Å². The fraction of sp³-hybridized carbons (Fsp3) is 0.714. The first-order valence-electron chi connectivity index (χ1n) is 7.06. The van der Waals surface area contributed by atoms with Crippen molar-refractivity contribution in [2.24, 2.45) is 0 Å². The summed E-state index contributed by atoms with van der Waals surface area (Å²) in [6.07, 6.45) is 4.13. The standard InChI is InChI=1S/C14H25N5/c1-11(2)17-13-8-14(16-10-15-13)19(4)12-6-5-7-18(3)9-12/h8,10-12H,5-7,9H2,1-4H3,(H,15,16,17). The number of anilines is 2. The molecule has 1 N–H and O–H groups in total. The first-order valence-corrected chi connectivity index (χ1v) is 7.06. The molecule has 0 amide bonds. The number of aromatic nitrogens is 2. The van der Waals surface area contributed by atoms with E-state index in [9.17, 15) is 0 Å². The third-order valence-electron chi connectivity index (χ3n) is 3.60. The van der Waals surface area contributed by atoms with E-state index in [1.165, 1.54) is 19.4 Å². The molecule has 1 aromatic heterocycles. The minimum Gasteiger partial charge on any atom is -0.368 e. The first-order chi connectivity index (χ1) is 9.06. The molecule has 1 unspecified atom stereocenters. The zero-order chi connectivity index (χ0) is 13.8. The highest BCUT2D eigenvalue weighted by molar-refractivity contribution is 5.49. The summed E-state index contributed by atoms with van der Waals surface area (Å²) < 4.78 is 0. The maximum absolute atomic E-state index is 4.40. The van der Waals surface area contributed by atoms with Crippen molar-refractivity contribution in [2.75, 3.05) is 37.4 Å². The van der Waals surface area contributed by atoms with Crippen molar-refractivity contribution in [3.63, 3.8) is 0 Å². The zero-order valence-electron chi connectivity index (χ0n) is 12.4. The van der Waals surface area contributed by atoms with Crippen LogP contribution in [-0.4, -0.2) is 54.1 Å². The molecule has 0 radical (unpaired) electrons. The first kappa shape index (κ1) is 14.1. The Hall–Kier alpha value is -1.36. The maximum atomic E-state index is 4.40. The number of nitrogens with one attached hydrogen (secondary N) is 1. The second kappa shape index (κ2) is 6.19. The van der Waals surface area contributed by atoms with Gasteiger partial charge >= 0.3 is 0 Å². The minimum atomic E-state index is 0.383. The third-order valence-corrected chi connectivity index (χ3v) is 3.60. The maximum Gasteiger partial charge on any atom is 0.134 e. The van der Waals surface area contributed by atoms with Gasteiger partial charge in [-0.1, -0.05) is 0 Å². The van der Waals surface area contributed by atoms with Crippen molar-refractivity contribution in [3.8, 4) is 0 Å². The molecule has 2 heterocycles. The van der Waals surface area contributed by atoms with Crippen LogP contribution in [0.4, 0.5) is 11.6 Å². The summed E-state index contributed by atoms with van der Waals surface area (Å²) in [4.78, 5) is 13.3. The Bertz CT molecular complexity index is 407. The molecule has 1 saturated heterocycles. The van der Waals surface area contributed by atoms with Crippen LogP contribution in [0.2, 0.25) is 0 Å². The average Bonchev–Trinajstić information content (AvgIpc) is 2.37. The molecule has 19 heavy (non-hydrogen) atoms. The van der Waals surface area contributed by atoms with E-state index >= 15 is 0 Å². The quantitative estimate of drug-likeness (QED) is 0.898. The lowest BCUT2D eigenvalue weighted by molar-refractivity contribution is 0.247. The minimum absolute atomic E-state index is 0.383. The van der Waals surface area contributed by atoms with Crippen molar-refractivity contribution >= 4 is 11.6 Å². The molecule has 1 atom stereocenters. The molecular weight excluding hydrogens is 238 g/mol. The normalized spacial score (nSPS) is 20.6. The summed E-state index contributed by atoms with van der Waals surface area (Å²) in [6, 6.07) is 2.96. The van der Waals surface area contributed by atoms with Crippen molar-refractivity contribution in [1.29, 1.82) is 0 Å². The molecule has 0 aliphatic carbocycles. The lowest BCUT2D eigenvalue weighted by Crippen LogP contribution is -2.45. The summed E-state index contributed by atoms with van der Waals surface area (Å²) in [6.45, 7) is 6.53. The predicted octanol–water partition coefficient (Wildman–Crippen LogP) is 1.83. The number of hydrogen-bond acceptors (Lipinski definition) is 5. The van der Waals surface area contributed by atoms with E-state index < -0.39 is 0 Å². The van der Waals surface area contributed by atoms with E-state index in [4.69, 9.17) is 0 Å². The van der Waals surface area contributed by atoms with Crippen LogP contribution in [-0.2, 0) is 0 Å². The smallest absolute Gasteiger partial charge is 0.134 e. The van der Waals surface area contributed by atoms with Crippen molar-refractivity contribution < 1.29 is 0 Å². The van der Waals surface area contributed by atoms with E-state index in [1.807, 2.05) is 6.07 Å². The number of piperidine rings is 1. The van der Waals surface area contributed by atoms with Crippen LogP contribution in [0.3, 0.4) is 0 Å². The van der Waals surface area contributed by atoms with Gasteiger partial charge in [-0.25, -0.2) is 9.97 Å². The van der Waals surface area contributed by atoms with Gasteiger partial charge in [-0.2, -0.15) is 0 Å². The Morgan fingerprint density at radius 2 is 2.21 bits per heavy atom. The van der Waals surface area contributed by atoms with Gasteiger partial charge in [0.25, 0.3) is 0 Å². The van der Waals surface area contributed by atoms with Crippen molar-refractivity contribution in [3.05, 3.63) is 12.4 Å². The summed E-state index contributed by atoms with van der Waals surface area (Å²) in [5.41, 5.74) is 0. The van der Waals surface area contributed by atoms with Gasteiger partial charge < -0.3 is 15.1 Å². The third kappa shape index (κ3) is 3.80. The predicted molar refractivity (Wildman–Crippen MR) is 79.7 cm³/mol. The largest absolute Gasteiger partial charge is 0.368 e. The van der Waals surface area contributed by atoms with Crippen LogP contribution in [0.15, 0.2) is 12.4 Å². The molecule has 0 aromatic carbocycles. The van der Waals surface area contributed by atoms with Gasteiger partial charge in [-0.15, -0.1) is 0 Å². The van der Waals surface area contributed by atoms with Crippen LogP contribution >= 0.6 is 0 Å². The molecule has 0 spiro atoms. The molecule has 106 valence electrons. The van der Waals surface area contributed by atoms with Crippen LogP contribution in [0.5, 0.6) is 0 Å². The Balaban J connectivity index is 2.07. The monoisotopic (exact) mass is 263 g/mol. The number of likely N-dealkylation sites (N-methyl/N-ethyl adjacent to an activating group) is 2. The second-order valence-corrected chi connectivity index (χ2v) is 5.73. The van der Waals surface area contributed by atoms with Gasteiger partial charge in [-0.3, -0.25) is 0 Å². The molecule has 0 bridgehead atoms. The molecule has 1 aliphatic heterocycles. The topological polar surface area (TPSA) is 44.3 Å². The Labute approximate surface area is 116 Å². The fourth-order valence-corrected chi connectivity index (χ4v) is 2.56. The van der Waals surface area contributed by atoms with E-state index in [1.54, 1.807) is 6.33 Å². The van der Waals surface area contributed by atoms with E-state index in [0.717, 1.165) is 18.2 Å². The highest BCUT2D eigenvalue weighted by Gasteiger charge is 2.22. The SMILES string of the molecule is CC(C)Nc1cc(N(C)C2CCCN(C)C2)ncn1. The van der Waals surface area contributed by atoms with Crippen molar-refractivity contribution in [2.45, 2.75) is 38.8 Å². The van der Waals surface area contributed by atoms with Crippen LogP contribution in [0.1, 0.15) is 26.7 Å². The van der Waals surface area contributed by atoms with Gasteiger partial charge in [0.1, 0.15) is 18.0 Å². The van der Waals surface area contributed by atoms with Crippen LogP contribution in [0.25, 0.3) is 0 Å². The summed E-state index contributed by atoms with van der Waals surface area (Å²) in [7, 11) is 4.32. The zero-order valence-corrected chi connectivity index (χ0v) is 12.4. The van der Waals surface area contributed by atoms with Gasteiger partial charge in [0.05, 0.1) is 0 Å². The Morgan fingerprint density at radius 3 is 2.89 bits per heavy atom. The van der Waals surface area contributed by atoms with Gasteiger partial charge in [-0.05, 0) is 40.3 Å². The molecule has 0 saturated carbocycles. The Kier molecular flexibility index (Phi) is 4.58. The van der Waals surface area contributed by atoms with Crippen LogP contribution in [0, 0.1) is 0 Å². The second-order valence-electron chi connectivity index (χ2n) is 5.73. The Morgan fingerprint density at radius 1 is 1.42 bits per heavy atom. The van der Waals surface area contributed by atoms with Gasteiger partial charge in [0.15, 0.2) is 0 Å². The molecule has 2 rings (SSSR count). The number of likely N-dealkylation sites (tertiary alicyclic amines) is 1. The molecular formula is C14H25N5. The summed E-state index contributed by atoms with van der Waals surface area (Å²) >= 11 is 0.